The molecule has 0 bridgehead atoms. The predicted molar refractivity (Wildman–Crippen MR) is 66.8 cm³/mol. The van der Waals surface area contributed by atoms with Crippen LogP contribution in [0.3, 0.4) is 0 Å². The summed E-state index contributed by atoms with van der Waals surface area (Å²) in [5.74, 6) is -0.343. The second-order valence-corrected chi connectivity index (χ2v) is 5.31. The number of hydrogen-bond acceptors (Lipinski definition) is 3. The minimum atomic E-state index is -1.35. The Morgan fingerprint density at radius 3 is 2.65 bits per heavy atom. The molecule has 2 rings (SSSR count). The fourth-order valence-electron chi connectivity index (χ4n) is 2.50. The fourth-order valence-corrected chi connectivity index (χ4v) is 2.80. The van der Waals surface area contributed by atoms with Crippen molar-refractivity contribution in [3.63, 3.8) is 0 Å². The van der Waals surface area contributed by atoms with Crippen molar-refractivity contribution in [2.24, 2.45) is 5.73 Å². The van der Waals surface area contributed by atoms with E-state index in [1.54, 1.807) is 24.3 Å². The molecule has 0 aliphatic heterocycles. The zero-order valence-electron chi connectivity index (χ0n) is 9.74. The fraction of sp³-hybridized carbons (Fsp3) is 0.462. The van der Waals surface area contributed by atoms with E-state index >= 15 is 0 Å². The molecular formula is C13H16ClNO2. The quantitative estimate of drug-likeness (QED) is 0.805. The van der Waals surface area contributed by atoms with Crippen molar-refractivity contribution in [1.29, 1.82) is 0 Å². The largest absolute Gasteiger partial charge is 0.382 e. The van der Waals surface area contributed by atoms with Gasteiger partial charge in [-0.2, -0.15) is 0 Å². The Bertz CT molecular complexity index is 458. The number of carbonyl (C=O) groups excluding carboxylic acids is 1. The summed E-state index contributed by atoms with van der Waals surface area (Å²) in [6.07, 6.45) is 1.68. The Morgan fingerprint density at radius 1 is 1.35 bits per heavy atom. The van der Waals surface area contributed by atoms with Gasteiger partial charge in [0.2, 0.25) is 0 Å². The summed E-state index contributed by atoms with van der Waals surface area (Å²) in [4.78, 5) is 12.3. The molecule has 0 unspecified atom stereocenters. The molecule has 0 radical (unpaired) electrons. The van der Waals surface area contributed by atoms with E-state index in [9.17, 15) is 9.90 Å². The van der Waals surface area contributed by atoms with Crippen LogP contribution in [0.1, 0.15) is 31.7 Å². The third kappa shape index (κ3) is 1.99. The third-order valence-corrected chi connectivity index (χ3v) is 3.81. The molecule has 0 saturated heterocycles. The smallest absolute Gasteiger partial charge is 0.188 e. The van der Waals surface area contributed by atoms with Crippen molar-refractivity contribution in [3.05, 3.63) is 34.9 Å². The molecule has 0 spiro atoms. The Hall–Kier alpha value is -0.900. The van der Waals surface area contributed by atoms with Crippen LogP contribution in [0.25, 0.3) is 0 Å². The van der Waals surface area contributed by atoms with Gasteiger partial charge < -0.3 is 10.8 Å². The molecule has 2 atom stereocenters. The number of benzene rings is 1. The second kappa shape index (κ2) is 4.09. The molecule has 0 aromatic heterocycles. The molecule has 0 heterocycles. The van der Waals surface area contributed by atoms with Crippen molar-refractivity contribution in [1.82, 2.24) is 0 Å². The maximum atomic E-state index is 12.3. The molecule has 1 aromatic carbocycles. The lowest BCUT2D eigenvalue weighted by Crippen LogP contribution is -2.57. The Morgan fingerprint density at radius 2 is 2.00 bits per heavy atom. The van der Waals surface area contributed by atoms with E-state index in [0.717, 1.165) is 0 Å². The summed E-state index contributed by atoms with van der Waals surface area (Å²) in [6.45, 7) is 1.52. The summed E-state index contributed by atoms with van der Waals surface area (Å²) in [6, 6.07) is 7.05. The predicted octanol–water partition coefficient (Wildman–Crippen LogP) is 2.00. The topological polar surface area (TPSA) is 63.3 Å². The number of rotatable bonds is 1. The van der Waals surface area contributed by atoms with E-state index in [0.29, 0.717) is 29.8 Å². The third-order valence-electron chi connectivity index (χ3n) is 3.48. The van der Waals surface area contributed by atoms with Crippen LogP contribution in [0.2, 0.25) is 5.02 Å². The average Bonchev–Trinajstić information content (AvgIpc) is 2.26. The van der Waals surface area contributed by atoms with Crippen LogP contribution in [0, 0.1) is 0 Å². The van der Waals surface area contributed by atoms with Crippen molar-refractivity contribution in [3.8, 4) is 0 Å². The van der Waals surface area contributed by atoms with E-state index in [-0.39, 0.29) is 5.78 Å². The number of carbonyl (C=O) groups is 1. The normalized spacial score (nSPS) is 33.8. The van der Waals surface area contributed by atoms with Gasteiger partial charge >= 0.3 is 0 Å². The van der Waals surface area contributed by atoms with Crippen LogP contribution in [-0.4, -0.2) is 16.5 Å². The first kappa shape index (κ1) is 12.6. The van der Waals surface area contributed by atoms with E-state index in [1.165, 1.54) is 6.92 Å². The van der Waals surface area contributed by atoms with Crippen LogP contribution >= 0.6 is 11.6 Å². The van der Waals surface area contributed by atoms with Gasteiger partial charge in [0, 0.05) is 5.02 Å². The lowest BCUT2D eigenvalue weighted by atomic mass is 9.70. The Labute approximate surface area is 106 Å². The van der Waals surface area contributed by atoms with E-state index in [2.05, 4.69) is 0 Å². The molecule has 3 nitrogen and oxygen atoms in total. The summed E-state index contributed by atoms with van der Waals surface area (Å²) < 4.78 is 0. The molecule has 3 N–H and O–H groups in total. The average molecular weight is 254 g/mol. The molecule has 0 amide bonds. The van der Waals surface area contributed by atoms with Gasteiger partial charge in [0.05, 0.1) is 0 Å². The summed E-state index contributed by atoms with van der Waals surface area (Å²) in [7, 11) is 0. The number of hydrogen-bond donors (Lipinski definition) is 2. The zero-order chi connectivity index (χ0) is 12.7. The number of Topliss-reactive ketones (excluding diaryl/α,β-unsaturated/α-hetero) is 1. The standard InChI is InChI=1S/C13H16ClNO2/c1-12(17)7-4-8-13(15,11(12)16)9-5-2-3-6-10(9)14/h2-3,5-6,17H,4,7-8,15H2,1H3/t12-,13-/m0/s1. The highest BCUT2D eigenvalue weighted by Gasteiger charge is 2.49. The highest BCUT2D eigenvalue weighted by atomic mass is 35.5. The Kier molecular flexibility index (Phi) is 3.02. The van der Waals surface area contributed by atoms with Crippen molar-refractivity contribution < 1.29 is 9.90 Å². The molecule has 1 aromatic rings. The maximum absolute atomic E-state index is 12.3. The van der Waals surface area contributed by atoms with Crippen LogP contribution in [0.15, 0.2) is 24.3 Å². The van der Waals surface area contributed by atoms with Crippen molar-refractivity contribution in [2.45, 2.75) is 37.3 Å². The summed E-state index contributed by atoms with van der Waals surface area (Å²) in [5, 5.41) is 10.5. The number of aliphatic hydroxyl groups is 1. The van der Waals surface area contributed by atoms with Crippen molar-refractivity contribution >= 4 is 17.4 Å². The number of ketones is 1. The van der Waals surface area contributed by atoms with Gasteiger partial charge in [0.25, 0.3) is 0 Å². The first-order valence-corrected chi connectivity index (χ1v) is 6.07. The van der Waals surface area contributed by atoms with Crippen LogP contribution in [0.4, 0.5) is 0 Å². The van der Waals surface area contributed by atoms with Gasteiger partial charge in [-0.15, -0.1) is 0 Å². The number of nitrogens with two attached hydrogens (primary N) is 1. The van der Waals surface area contributed by atoms with Gasteiger partial charge in [-0.25, -0.2) is 0 Å². The lowest BCUT2D eigenvalue weighted by molar-refractivity contribution is -0.146. The highest BCUT2D eigenvalue weighted by Crippen LogP contribution is 2.39. The minimum absolute atomic E-state index is 0.343. The summed E-state index contributed by atoms with van der Waals surface area (Å²) in [5.41, 5.74) is 4.29. The SMILES string of the molecule is C[C@]1(O)CCC[C@](N)(c2ccccc2Cl)C1=O. The van der Waals surface area contributed by atoms with Gasteiger partial charge in [-0.1, -0.05) is 29.8 Å². The van der Waals surface area contributed by atoms with Crippen LogP contribution in [0.5, 0.6) is 0 Å². The number of halogens is 1. The monoisotopic (exact) mass is 253 g/mol. The van der Waals surface area contributed by atoms with E-state index in [4.69, 9.17) is 17.3 Å². The van der Waals surface area contributed by atoms with Gasteiger partial charge in [-0.3, -0.25) is 4.79 Å². The van der Waals surface area contributed by atoms with Gasteiger partial charge in [0.1, 0.15) is 11.1 Å². The molecule has 1 aliphatic rings. The molecule has 1 fully saturated rings. The molecular weight excluding hydrogens is 238 g/mol. The van der Waals surface area contributed by atoms with Crippen LogP contribution in [-0.2, 0) is 10.3 Å². The minimum Gasteiger partial charge on any atom is -0.382 e. The van der Waals surface area contributed by atoms with Crippen LogP contribution < -0.4 is 5.73 Å². The van der Waals surface area contributed by atoms with Crippen molar-refractivity contribution in [2.75, 3.05) is 0 Å². The summed E-state index contributed by atoms with van der Waals surface area (Å²) >= 11 is 6.09. The Balaban J connectivity index is 2.49. The molecule has 92 valence electrons. The first-order valence-electron chi connectivity index (χ1n) is 5.69. The molecule has 1 saturated carbocycles. The van der Waals surface area contributed by atoms with Gasteiger partial charge in [0.15, 0.2) is 5.78 Å². The van der Waals surface area contributed by atoms with E-state index < -0.39 is 11.1 Å². The zero-order valence-corrected chi connectivity index (χ0v) is 10.5. The molecule has 4 heteroatoms. The maximum Gasteiger partial charge on any atom is 0.188 e. The van der Waals surface area contributed by atoms with Gasteiger partial charge in [-0.05, 0) is 37.8 Å². The lowest BCUT2D eigenvalue weighted by Gasteiger charge is -2.40. The van der Waals surface area contributed by atoms with E-state index in [1.807, 2.05) is 0 Å². The second-order valence-electron chi connectivity index (χ2n) is 4.91. The first-order chi connectivity index (χ1) is 7.88. The highest BCUT2D eigenvalue weighted by molar-refractivity contribution is 6.31. The molecule has 17 heavy (non-hydrogen) atoms. The molecule has 1 aliphatic carbocycles.